The second kappa shape index (κ2) is 7.21. The number of carbonyl (C=O) groups excluding carboxylic acids is 1. The molecule has 0 aliphatic rings. The van der Waals surface area contributed by atoms with Crippen molar-refractivity contribution in [1.29, 1.82) is 0 Å². The molecule has 7 heteroatoms. The average Bonchev–Trinajstić information content (AvgIpc) is 3.39. The van der Waals surface area contributed by atoms with Gasteiger partial charge in [-0.05, 0) is 48.5 Å². The molecular formula is C21H18N2O5. The fourth-order valence-electron chi connectivity index (χ4n) is 3.00. The first-order chi connectivity index (χ1) is 13.6. The lowest BCUT2D eigenvalue weighted by atomic mass is 10.1. The summed E-state index contributed by atoms with van der Waals surface area (Å²) in [5.41, 5.74) is 2.67. The average molecular weight is 378 g/mol. The quantitative estimate of drug-likeness (QED) is 0.497. The van der Waals surface area contributed by atoms with Crippen LogP contribution < -0.4 is 9.47 Å². The third-order valence-corrected chi connectivity index (χ3v) is 4.45. The van der Waals surface area contributed by atoms with Gasteiger partial charge in [0.2, 0.25) is 0 Å². The van der Waals surface area contributed by atoms with Gasteiger partial charge in [0, 0.05) is 11.1 Å². The van der Waals surface area contributed by atoms with Gasteiger partial charge in [-0.1, -0.05) is 0 Å². The Morgan fingerprint density at radius 2 is 1.82 bits per heavy atom. The Kier molecular flexibility index (Phi) is 4.58. The number of aliphatic hydroxyl groups excluding tert-OH is 1. The zero-order valence-electron chi connectivity index (χ0n) is 15.4. The van der Waals surface area contributed by atoms with E-state index in [9.17, 15) is 4.79 Å². The number of ether oxygens (including phenoxy) is 2. The number of imidazole rings is 1. The summed E-state index contributed by atoms with van der Waals surface area (Å²) in [7, 11) is 3.17. The molecule has 2 aromatic carbocycles. The lowest BCUT2D eigenvalue weighted by molar-refractivity contribution is 0.0904. The molecule has 0 spiro atoms. The molecule has 0 aliphatic carbocycles. The van der Waals surface area contributed by atoms with Crippen molar-refractivity contribution in [3.63, 3.8) is 0 Å². The highest BCUT2D eigenvalue weighted by molar-refractivity contribution is 5.99. The third kappa shape index (κ3) is 3.12. The minimum absolute atomic E-state index is 0.341. The number of furan rings is 1. The van der Waals surface area contributed by atoms with Crippen molar-refractivity contribution >= 4 is 16.8 Å². The van der Waals surface area contributed by atoms with Crippen molar-refractivity contribution in [1.82, 2.24) is 9.97 Å². The molecule has 2 N–H and O–H groups in total. The van der Waals surface area contributed by atoms with E-state index >= 15 is 0 Å². The zero-order chi connectivity index (χ0) is 19.7. The van der Waals surface area contributed by atoms with Gasteiger partial charge in [0.25, 0.3) is 0 Å². The van der Waals surface area contributed by atoms with Gasteiger partial charge < -0.3 is 24.0 Å². The first-order valence-electron chi connectivity index (χ1n) is 8.59. The maximum Gasteiger partial charge on any atom is 0.188 e. The van der Waals surface area contributed by atoms with E-state index in [1.54, 1.807) is 32.4 Å². The van der Waals surface area contributed by atoms with Crippen LogP contribution in [0.15, 0.2) is 52.9 Å². The van der Waals surface area contributed by atoms with E-state index in [-0.39, 0.29) is 5.78 Å². The number of aliphatic hydroxyl groups is 1. The molecule has 0 saturated heterocycles. The molecule has 0 amide bonds. The number of carbonyl (C=O) groups is 1. The number of hydrogen-bond donors (Lipinski definition) is 2. The summed E-state index contributed by atoms with van der Waals surface area (Å²) < 4.78 is 16.6. The minimum atomic E-state index is -0.528. The normalized spacial score (nSPS) is 11.0. The van der Waals surface area contributed by atoms with E-state index in [2.05, 4.69) is 9.97 Å². The molecule has 2 heterocycles. The van der Waals surface area contributed by atoms with Crippen LogP contribution in [0.4, 0.5) is 0 Å². The van der Waals surface area contributed by atoms with E-state index in [0.29, 0.717) is 45.4 Å². The first-order valence-corrected chi connectivity index (χ1v) is 8.59. The number of nitrogens with zero attached hydrogens (tertiary/aromatic N) is 1. The number of hydrogen-bond acceptors (Lipinski definition) is 6. The molecule has 7 nitrogen and oxygen atoms in total. The van der Waals surface area contributed by atoms with E-state index in [1.165, 1.54) is 0 Å². The summed E-state index contributed by atoms with van der Waals surface area (Å²) in [5.74, 6) is 2.69. The molecule has 142 valence electrons. The van der Waals surface area contributed by atoms with E-state index < -0.39 is 6.61 Å². The minimum Gasteiger partial charge on any atom is -0.493 e. The van der Waals surface area contributed by atoms with E-state index in [1.807, 2.05) is 30.3 Å². The van der Waals surface area contributed by atoms with Crippen LogP contribution in [0.2, 0.25) is 0 Å². The molecule has 0 saturated carbocycles. The number of H-pyrrole nitrogens is 1. The summed E-state index contributed by atoms with van der Waals surface area (Å²) in [6.45, 7) is -0.528. The van der Waals surface area contributed by atoms with Crippen LogP contribution in [-0.4, -0.2) is 41.7 Å². The first kappa shape index (κ1) is 17.8. The Bertz CT molecular complexity index is 1160. The van der Waals surface area contributed by atoms with E-state index in [0.717, 1.165) is 5.56 Å². The predicted octanol–water partition coefficient (Wildman–Crippen LogP) is 3.68. The maximum atomic E-state index is 11.7. The molecule has 2 aromatic heterocycles. The Morgan fingerprint density at radius 3 is 2.57 bits per heavy atom. The molecule has 0 unspecified atom stereocenters. The van der Waals surface area contributed by atoms with Crippen LogP contribution in [0.5, 0.6) is 11.5 Å². The molecule has 0 bridgehead atoms. The van der Waals surface area contributed by atoms with Gasteiger partial charge in [-0.15, -0.1) is 0 Å². The second-order valence-corrected chi connectivity index (χ2v) is 6.13. The van der Waals surface area contributed by atoms with Crippen LogP contribution in [0.25, 0.3) is 33.9 Å². The molecule has 0 radical (unpaired) electrons. The molecule has 0 aliphatic heterocycles. The maximum absolute atomic E-state index is 11.7. The van der Waals surface area contributed by atoms with Crippen molar-refractivity contribution in [3.8, 4) is 34.4 Å². The molecule has 0 fully saturated rings. The number of nitrogens with one attached hydrogen (secondary N) is 1. The number of rotatable bonds is 6. The summed E-state index contributed by atoms with van der Waals surface area (Å²) in [5, 5.41) is 9.02. The number of Topliss-reactive ketones (excluding diaryl/α,β-unsaturated/α-hetero) is 1. The molecular weight excluding hydrogens is 360 g/mol. The number of benzene rings is 2. The predicted molar refractivity (Wildman–Crippen MR) is 104 cm³/mol. The summed E-state index contributed by atoms with van der Waals surface area (Å²) in [6.07, 6.45) is 0. The summed E-state index contributed by atoms with van der Waals surface area (Å²) in [4.78, 5) is 19.3. The fraction of sp³-hybridized carbons (Fsp3) is 0.143. The lowest BCUT2D eigenvalue weighted by Gasteiger charge is -2.08. The summed E-state index contributed by atoms with van der Waals surface area (Å²) in [6, 6.07) is 14.3. The Balaban J connectivity index is 1.68. The van der Waals surface area contributed by atoms with Crippen molar-refractivity contribution in [3.05, 3.63) is 54.1 Å². The molecule has 4 rings (SSSR count). The standard InChI is InChI=1S/C21H18N2O5/c1-26-18-6-4-13(10-20(18)27-2)17-7-8-19(28-17)21-22-14-5-3-12(16(25)11-24)9-15(14)23-21/h3-10,24H,11H2,1-2H3,(H,22,23). The van der Waals surface area contributed by atoms with Crippen molar-refractivity contribution in [2.24, 2.45) is 0 Å². The third-order valence-electron chi connectivity index (χ3n) is 4.45. The highest BCUT2D eigenvalue weighted by Gasteiger charge is 2.14. The van der Waals surface area contributed by atoms with Crippen LogP contribution in [0, 0.1) is 0 Å². The topological polar surface area (TPSA) is 97.6 Å². The van der Waals surface area contributed by atoms with Gasteiger partial charge in [-0.25, -0.2) is 4.98 Å². The number of ketones is 1. The zero-order valence-corrected chi connectivity index (χ0v) is 15.4. The highest BCUT2D eigenvalue weighted by atomic mass is 16.5. The monoisotopic (exact) mass is 378 g/mol. The number of aromatic amines is 1. The van der Waals surface area contributed by atoms with Gasteiger partial charge in [-0.2, -0.15) is 0 Å². The van der Waals surface area contributed by atoms with Gasteiger partial charge in [0.15, 0.2) is 28.9 Å². The number of aromatic nitrogens is 2. The second-order valence-electron chi connectivity index (χ2n) is 6.13. The smallest absolute Gasteiger partial charge is 0.188 e. The summed E-state index contributed by atoms with van der Waals surface area (Å²) >= 11 is 0. The van der Waals surface area contributed by atoms with Crippen molar-refractivity contribution in [2.75, 3.05) is 20.8 Å². The Hall–Kier alpha value is -3.58. The van der Waals surface area contributed by atoms with Gasteiger partial charge in [0.1, 0.15) is 12.4 Å². The lowest BCUT2D eigenvalue weighted by Crippen LogP contribution is -2.03. The fourth-order valence-corrected chi connectivity index (χ4v) is 3.00. The molecule has 28 heavy (non-hydrogen) atoms. The van der Waals surface area contributed by atoms with Crippen molar-refractivity contribution in [2.45, 2.75) is 0 Å². The van der Waals surface area contributed by atoms with Crippen LogP contribution in [-0.2, 0) is 0 Å². The van der Waals surface area contributed by atoms with Gasteiger partial charge >= 0.3 is 0 Å². The Morgan fingerprint density at radius 1 is 1.04 bits per heavy atom. The highest BCUT2D eigenvalue weighted by Crippen LogP contribution is 2.34. The van der Waals surface area contributed by atoms with Crippen molar-refractivity contribution < 1.29 is 23.8 Å². The SMILES string of the molecule is COc1ccc(-c2ccc(-c3nc4ccc(C(=O)CO)cc4[nH]3)o2)cc1OC. The molecule has 4 aromatic rings. The van der Waals surface area contributed by atoms with Crippen LogP contribution in [0.3, 0.4) is 0 Å². The largest absolute Gasteiger partial charge is 0.493 e. The number of methoxy groups -OCH3 is 2. The van der Waals surface area contributed by atoms with Gasteiger partial charge in [-0.3, -0.25) is 4.79 Å². The van der Waals surface area contributed by atoms with Crippen LogP contribution >= 0.6 is 0 Å². The van der Waals surface area contributed by atoms with Crippen LogP contribution in [0.1, 0.15) is 10.4 Å². The van der Waals surface area contributed by atoms with E-state index in [4.69, 9.17) is 19.0 Å². The van der Waals surface area contributed by atoms with Gasteiger partial charge in [0.05, 0.1) is 25.3 Å². The molecule has 0 atom stereocenters. The number of fused-ring (bicyclic) bond motifs is 1. The Labute approximate surface area is 160 Å².